The smallest absolute Gasteiger partial charge is 0.220 e. The molecule has 1 atom stereocenters. The van der Waals surface area contributed by atoms with E-state index in [4.69, 9.17) is 0 Å². The van der Waals surface area contributed by atoms with E-state index in [0.717, 1.165) is 25.8 Å². The van der Waals surface area contributed by atoms with Crippen molar-refractivity contribution in [3.63, 3.8) is 0 Å². The van der Waals surface area contributed by atoms with Crippen LogP contribution in [-0.4, -0.2) is 24.0 Å². The van der Waals surface area contributed by atoms with Gasteiger partial charge in [0.2, 0.25) is 5.91 Å². The van der Waals surface area contributed by atoms with Crippen LogP contribution in [0.2, 0.25) is 0 Å². The number of nitrogens with one attached hydrogen (secondary N) is 2. The maximum absolute atomic E-state index is 11.4. The van der Waals surface area contributed by atoms with Gasteiger partial charge in [0.25, 0.3) is 0 Å². The van der Waals surface area contributed by atoms with Gasteiger partial charge < -0.3 is 10.6 Å². The highest BCUT2D eigenvalue weighted by molar-refractivity contribution is 5.76. The molecule has 1 aromatic rings. The van der Waals surface area contributed by atoms with Gasteiger partial charge in [0.15, 0.2) is 0 Å². The lowest BCUT2D eigenvalue weighted by Crippen LogP contribution is -2.42. The van der Waals surface area contributed by atoms with Crippen molar-refractivity contribution in [3.8, 4) is 0 Å². The summed E-state index contributed by atoms with van der Waals surface area (Å²) >= 11 is 0. The van der Waals surface area contributed by atoms with Crippen LogP contribution in [0.3, 0.4) is 0 Å². The Morgan fingerprint density at radius 3 is 2.85 bits per heavy atom. The average Bonchev–Trinajstić information content (AvgIpc) is 3.20. The van der Waals surface area contributed by atoms with E-state index < -0.39 is 0 Å². The summed E-state index contributed by atoms with van der Waals surface area (Å²) < 4.78 is 0. The van der Waals surface area contributed by atoms with Crippen molar-refractivity contribution in [2.75, 3.05) is 6.54 Å². The van der Waals surface area contributed by atoms with Gasteiger partial charge >= 0.3 is 0 Å². The average molecular weight is 272 g/mol. The maximum atomic E-state index is 11.4. The minimum Gasteiger partial charge on any atom is -0.356 e. The van der Waals surface area contributed by atoms with Crippen LogP contribution < -0.4 is 10.6 Å². The number of hydrogen-bond acceptors (Lipinski definition) is 2. The lowest BCUT2D eigenvalue weighted by molar-refractivity contribution is -0.120. The van der Waals surface area contributed by atoms with Crippen LogP contribution in [0.5, 0.6) is 0 Å². The van der Waals surface area contributed by atoms with Gasteiger partial charge in [-0.15, -0.1) is 0 Å². The number of amides is 1. The Morgan fingerprint density at radius 2 is 2.10 bits per heavy atom. The second-order valence-corrected chi connectivity index (χ2v) is 6.40. The van der Waals surface area contributed by atoms with Gasteiger partial charge in [0.1, 0.15) is 0 Å². The zero-order valence-electron chi connectivity index (χ0n) is 12.2. The standard InChI is InChI=1S/C17H24N2O/c1-13-4-2-3-5-14(13)12-17(9-10-17)19-15-6-7-16(20)18-11-8-15/h2-5,15,19H,6-12H2,1H3,(H,18,20)/t15-/m1/s1. The summed E-state index contributed by atoms with van der Waals surface area (Å²) in [5, 5.41) is 6.81. The second kappa shape index (κ2) is 5.57. The van der Waals surface area contributed by atoms with Crippen molar-refractivity contribution >= 4 is 5.91 Å². The summed E-state index contributed by atoms with van der Waals surface area (Å²) in [6.07, 6.45) is 6.34. The number of benzene rings is 1. The Hall–Kier alpha value is -1.35. The Morgan fingerprint density at radius 1 is 1.30 bits per heavy atom. The van der Waals surface area contributed by atoms with Gasteiger partial charge in [-0.05, 0) is 50.2 Å². The predicted octanol–water partition coefficient (Wildman–Crippen LogP) is 2.33. The first kappa shape index (κ1) is 13.6. The molecule has 1 saturated heterocycles. The van der Waals surface area contributed by atoms with Crippen LogP contribution in [-0.2, 0) is 11.2 Å². The lowest BCUT2D eigenvalue weighted by atomic mass is 9.98. The van der Waals surface area contributed by atoms with E-state index in [2.05, 4.69) is 41.8 Å². The van der Waals surface area contributed by atoms with Crippen LogP contribution in [0.1, 0.15) is 43.2 Å². The van der Waals surface area contributed by atoms with Gasteiger partial charge in [-0.25, -0.2) is 0 Å². The Kier molecular flexibility index (Phi) is 3.79. The quantitative estimate of drug-likeness (QED) is 0.883. The molecule has 3 rings (SSSR count). The Labute approximate surface area is 121 Å². The van der Waals surface area contributed by atoms with Crippen molar-refractivity contribution in [3.05, 3.63) is 35.4 Å². The van der Waals surface area contributed by atoms with Crippen molar-refractivity contribution in [1.82, 2.24) is 10.6 Å². The molecule has 2 aliphatic rings. The highest BCUT2D eigenvalue weighted by Crippen LogP contribution is 2.40. The van der Waals surface area contributed by atoms with E-state index in [9.17, 15) is 4.79 Å². The first-order valence-electron chi connectivity index (χ1n) is 7.76. The van der Waals surface area contributed by atoms with Crippen molar-refractivity contribution < 1.29 is 4.79 Å². The first-order valence-corrected chi connectivity index (χ1v) is 7.76. The number of hydrogen-bond donors (Lipinski definition) is 2. The molecule has 1 aliphatic carbocycles. The highest BCUT2D eigenvalue weighted by atomic mass is 16.1. The molecular weight excluding hydrogens is 248 g/mol. The van der Waals surface area contributed by atoms with Gasteiger partial charge in [-0.1, -0.05) is 24.3 Å². The maximum Gasteiger partial charge on any atom is 0.220 e. The minimum atomic E-state index is 0.207. The molecule has 20 heavy (non-hydrogen) atoms. The number of aryl methyl sites for hydroxylation is 1. The minimum absolute atomic E-state index is 0.207. The van der Waals surface area contributed by atoms with Crippen molar-refractivity contribution in [1.29, 1.82) is 0 Å². The Bertz CT molecular complexity index is 494. The molecule has 1 aromatic carbocycles. The van der Waals surface area contributed by atoms with Crippen LogP contribution in [0.4, 0.5) is 0 Å². The highest BCUT2D eigenvalue weighted by Gasteiger charge is 2.43. The van der Waals surface area contributed by atoms with E-state index >= 15 is 0 Å². The van der Waals surface area contributed by atoms with Crippen LogP contribution >= 0.6 is 0 Å². The zero-order valence-corrected chi connectivity index (χ0v) is 12.2. The fraction of sp³-hybridized carbons (Fsp3) is 0.588. The monoisotopic (exact) mass is 272 g/mol. The molecule has 1 saturated carbocycles. The van der Waals surface area contributed by atoms with Gasteiger partial charge in [-0.2, -0.15) is 0 Å². The van der Waals surface area contributed by atoms with Gasteiger partial charge in [0.05, 0.1) is 0 Å². The lowest BCUT2D eigenvalue weighted by Gasteiger charge is -2.25. The molecule has 1 aliphatic heterocycles. The van der Waals surface area contributed by atoms with Gasteiger partial charge in [-0.3, -0.25) is 4.79 Å². The first-order chi connectivity index (χ1) is 9.67. The summed E-state index contributed by atoms with van der Waals surface area (Å²) in [6.45, 7) is 3.01. The molecule has 2 N–H and O–H groups in total. The molecule has 0 spiro atoms. The fourth-order valence-corrected chi connectivity index (χ4v) is 3.20. The summed E-state index contributed by atoms with van der Waals surface area (Å²) in [5.74, 6) is 0.207. The third-order valence-electron chi connectivity index (χ3n) is 4.69. The summed E-state index contributed by atoms with van der Waals surface area (Å²) in [7, 11) is 0. The second-order valence-electron chi connectivity index (χ2n) is 6.40. The third-order valence-corrected chi connectivity index (χ3v) is 4.69. The van der Waals surface area contributed by atoms with E-state index in [0.29, 0.717) is 18.0 Å². The predicted molar refractivity (Wildman–Crippen MR) is 80.6 cm³/mol. The largest absolute Gasteiger partial charge is 0.356 e. The Balaban J connectivity index is 1.62. The van der Waals surface area contributed by atoms with E-state index in [1.165, 1.54) is 24.0 Å². The number of rotatable bonds is 4. The molecule has 3 heteroatoms. The van der Waals surface area contributed by atoms with Gasteiger partial charge in [0, 0.05) is 24.5 Å². The molecule has 3 nitrogen and oxygen atoms in total. The zero-order chi connectivity index (χ0) is 14.0. The third kappa shape index (κ3) is 3.21. The van der Waals surface area contributed by atoms with E-state index in [1.807, 2.05) is 0 Å². The summed E-state index contributed by atoms with van der Waals surface area (Å²) in [6, 6.07) is 9.16. The van der Waals surface area contributed by atoms with Crippen molar-refractivity contribution in [2.45, 2.75) is 57.0 Å². The van der Waals surface area contributed by atoms with E-state index in [1.54, 1.807) is 0 Å². The van der Waals surface area contributed by atoms with Crippen molar-refractivity contribution in [2.24, 2.45) is 0 Å². The molecule has 0 radical (unpaired) electrons. The SMILES string of the molecule is Cc1ccccc1CC1(N[C@H]2CCNC(=O)CC2)CC1. The summed E-state index contributed by atoms with van der Waals surface area (Å²) in [5.41, 5.74) is 3.14. The fourth-order valence-electron chi connectivity index (χ4n) is 3.20. The van der Waals surface area contributed by atoms with Crippen LogP contribution in [0.25, 0.3) is 0 Å². The topological polar surface area (TPSA) is 41.1 Å². The molecule has 2 fully saturated rings. The summed E-state index contributed by atoms with van der Waals surface area (Å²) in [4.78, 5) is 11.4. The molecule has 0 aromatic heterocycles. The molecule has 0 bridgehead atoms. The molecule has 1 heterocycles. The van der Waals surface area contributed by atoms with Crippen LogP contribution in [0.15, 0.2) is 24.3 Å². The van der Waals surface area contributed by atoms with E-state index in [-0.39, 0.29) is 5.91 Å². The molecule has 108 valence electrons. The molecule has 0 unspecified atom stereocenters. The molecular formula is C17H24N2O. The normalized spacial score (nSPS) is 24.9. The molecule has 1 amide bonds. The van der Waals surface area contributed by atoms with Crippen LogP contribution in [0, 0.1) is 6.92 Å². The number of carbonyl (C=O) groups is 1. The number of carbonyl (C=O) groups excluding carboxylic acids is 1.